The van der Waals surface area contributed by atoms with E-state index in [4.69, 9.17) is 4.74 Å². The standard InChI is InChI=1S/C17H22FNO3/c1-3-22-17(21)10-13-6-8-19(9-7-13)16-5-4-14(12(2)20)11-15(16)18/h4-5,11,13H,3,6-10H2,1-2H3. The van der Waals surface area contributed by atoms with Crippen molar-refractivity contribution in [2.75, 3.05) is 24.6 Å². The van der Waals surface area contributed by atoms with Crippen LogP contribution in [0.5, 0.6) is 0 Å². The molecule has 22 heavy (non-hydrogen) atoms. The quantitative estimate of drug-likeness (QED) is 0.619. The molecular formula is C17H22FNO3. The number of hydrogen-bond acceptors (Lipinski definition) is 4. The molecule has 5 heteroatoms. The molecule has 0 spiro atoms. The molecule has 0 bridgehead atoms. The van der Waals surface area contributed by atoms with Crippen molar-refractivity contribution in [2.24, 2.45) is 5.92 Å². The van der Waals surface area contributed by atoms with E-state index in [0.717, 1.165) is 12.8 Å². The monoisotopic (exact) mass is 307 g/mol. The zero-order chi connectivity index (χ0) is 16.1. The molecule has 0 N–H and O–H groups in total. The summed E-state index contributed by atoms with van der Waals surface area (Å²) in [6, 6.07) is 4.62. The van der Waals surface area contributed by atoms with Gasteiger partial charge in [-0.05, 0) is 50.8 Å². The van der Waals surface area contributed by atoms with Crippen LogP contribution in [0.2, 0.25) is 0 Å². The van der Waals surface area contributed by atoms with Crippen LogP contribution in [-0.2, 0) is 9.53 Å². The highest BCUT2D eigenvalue weighted by Crippen LogP contribution is 2.28. The third-order valence-electron chi connectivity index (χ3n) is 4.07. The molecule has 0 amide bonds. The first-order valence-electron chi connectivity index (χ1n) is 7.72. The van der Waals surface area contributed by atoms with Gasteiger partial charge >= 0.3 is 5.97 Å². The zero-order valence-electron chi connectivity index (χ0n) is 13.1. The number of anilines is 1. The Kier molecular flexibility index (Phi) is 5.52. The van der Waals surface area contributed by atoms with Gasteiger partial charge in [-0.1, -0.05) is 0 Å². The predicted molar refractivity (Wildman–Crippen MR) is 82.6 cm³/mol. The maximum atomic E-state index is 14.1. The Morgan fingerprint density at radius 1 is 1.32 bits per heavy atom. The van der Waals surface area contributed by atoms with E-state index >= 15 is 0 Å². The Morgan fingerprint density at radius 3 is 2.55 bits per heavy atom. The second-order valence-electron chi connectivity index (χ2n) is 5.66. The van der Waals surface area contributed by atoms with Gasteiger partial charge < -0.3 is 9.64 Å². The van der Waals surface area contributed by atoms with Crippen molar-refractivity contribution in [1.82, 2.24) is 0 Å². The van der Waals surface area contributed by atoms with E-state index in [1.54, 1.807) is 19.1 Å². The molecule has 0 unspecified atom stereocenters. The number of Topliss-reactive ketones (excluding diaryl/α,β-unsaturated/α-hetero) is 1. The van der Waals surface area contributed by atoms with Crippen LogP contribution in [0, 0.1) is 11.7 Å². The van der Waals surface area contributed by atoms with Gasteiger partial charge in [-0.3, -0.25) is 9.59 Å². The number of benzene rings is 1. The summed E-state index contributed by atoms with van der Waals surface area (Å²) in [6.45, 7) is 5.05. The number of halogens is 1. The minimum atomic E-state index is -0.364. The number of ether oxygens (including phenoxy) is 1. The second kappa shape index (κ2) is 7.38. The highest BCUT2D eigenvalue weighted by molar-refractivity contribution is 5.94. The second-order valence-corrected chi connectivity index (χ2v) is 5.66. The largest absolute Gasteiger partial charge is 0.466 e. The molecule has 0 atom stereocenters. The molecular weight excluding hydrogens is 285 g/mol. The fourth-order valence-corrected chi connectivity index (χ4v) is 2.82. The number of piperidine rings is 1. The lowest BCUT2D eigenvalue weighted by Crippen LogP contribution is -2.35. The van der Waals surface area contributed by atoms with Crippen LogP contribution in [-0.4, -0.2) is 31.4 Å². The SMILES string of the molecule is CCOC(=O)CC1CCN(c2ccc(C(C)=O)cc2F)CC1. The predicted octanol–water partition coefficient (Wildman–Crippen LogP) is 3.20. The summed E-state index contributed by atoms with van der Waals surface area (Å²) in [5.41, 5.74) is 0.915. The Balaban J connectivity index is 1.94. The number of ketones is 1. The molecule has 1 saturated heterocycles. The van der Waals surface area contributed by atoms with Crippen molar-refractivity contribution in [3.8, 4) is 0 Å². The Bertz CT molecular complexity index is 551. The summed E-state index contributed by atoms with van der Waals surface area (Å²) >= 11 is 0. The van der Waals surface area contributed by atoms with Gasteiger partial charge in [-0.2, -0.15) is 0 Å². The maximum Gasteiger partial charge on any atom is 0.306 e. The van der Waals surface area contributed by atoms with Gasteiger partial charge in [0.1, 0.15) is 5.82 Å². The molecule has 0 aliphatic carbocycles. The molecule has 0 saturated carbocycles. The lowest BCUT2D eigenvalue weighted by atomic mass is 9.93. The van der Waals surface area contributed by atoms with Crippen LogP contribution in [0.1, 0.15) is 43.5 Å². The molecule has 4 nitrogen and oxygen atoms in total. The van der Waals surface area contributed by atoms with Crippen LogP contribution in [0.3, 0.4) is 0 Å². The Hall–Kier alpha value is -1.91. The van der Waals surface area contributed by atoms with Crippen molar-refractivity contribution >= 4 is 17.4 Å². The zero-order valence-corrected chi connectivity index (χ0v) is 13.1. The Labute approximate surface area is 130 Å². The van der Waals surface area contributed by atoms with Gasteiger partial charge in [0.05, 0.1) is 12.3 Å². The summed E-state index contributed by atoms with van der Waals surface area (Å²) in [5, 5.41) is 0. The van der Waals surface area contributed by atoms with Gasteiger partial charge in [-0.25, -0.2) is 4.39 Å². The minimum Gasteiger partial charge on any atom is -0.466 e. The molecule has 1 aliphatic rings. The fraction of sp³-hybridized carbons (Fsp3) is 0.529. The van der Waals surface area contributed by atoms with Crippen molar-refractivity contribution in [3.05, 3.63) is 29.6 Å². The summed E-state index contributed by atoms with van der Waals surface area (Å²) in [7, 11) is 0. The van der Waals surface area contributed by atoms with Gasteiger partial charge in [-0.15, -0.1) is 0 Å². The van der Waals surface area contributed by atoms with E-state index in [9.17, 15) is 14.0 Å². The van der Waals surface area contributed by atoms with E-state index in [1.165, 1.54) is 13.0 Å². The minimum absolute atomic E-state index is 0.140. The van der Waals surface area contributed by atoms with Gasteiger partial charge in [0.15, 0.2) is 5.78 Å². The number of hydrogen-bond donors (Lipinski definition) is 0. The molecule has 1 aromatic carbocycles. The van der Waals surface area contributed by atoms with Gasteiger partial charge in [0, 0.05) is 25.1 Å². The van der Waals surface area contributed by atoms with Gasteiger partial charge in [0.2, 0.25) is 0 Å². The summed E-state index contributed by atoms with van der Waals surface area (Å²) in [4.78, 5) is 24.7. The molecule has 2 rings (SSSR count). The number of carbonyl (C=O) groups is 2. The highest BCUT2D eigenvalue weighted by atomic mass is 19.1. The first-order chi connectivity index (χ1) is 10.5. The highest BCUT2D eigenvalue weighted by Gasteiger charge is 2.23. The molecule has 1 heterocycles. The third-order valence-corrected chi connectivity index (χ3v) is 4.07. The fourth-order valence-electron chi connectivity index (χ4n) is 2.82. The first kappa shape index (κ1) is 16.5. The summed E-state index contributed by atoms with van der Waals surface area (Å²) < 4.78 is 19.1. The molecule has 1 aliphatic heterocycles. The lowest BCUT2D eigenvalue weighted by Gasteiger charge is -2.33. The van der Waals surface area contributed by atoms with Crippen LogP contribution < -0.4 is 4.90 Å². The molecule has 120 valence electrons. The number of carbonyl (C=O) groups excluding carboxylic acids is 2. The molecule has 1 aromatic rings. The lowest BCUT2D eigenvalue weighted by molar-refractivity contribution is -0.144. The maximum absolute atomic E-state index is 14.1. The average Bonchev–Trinajstić information content (AvgIpc) is 2.48. The van der Waals surface area contributed by atoms with E-state index in [-0.39, 0.29) is 17.6 Å². The van der Waals surface area contributed by atoms with Crippen molar-refractivity contribution in [1.29, 1.82) is 0 Å². The van der Waals surface area contributed by atoms with E-state index in [1.807, 2.05) is 4.90 Å². The number of rotatable bonds is 5. The normalized spacial score (nSPS) is 15.7. The average molecular weight is 307 g/mol. The Morgan fingerprint density at radius 2 is 2.00 bits per heavy atom. The van der Waals surface area contributed by atoms with Crippen LogP contribution in [0.15, 0.2) is 18.2 Å². The van der Waals surface area contributed by atoms with Crippen LogP contribution in [0.25, 0.3) is 0 Å². The smallest absolute Gasteiger partial charge is 0.306 e. The first-order valence-corrected chi connectivity index (χ1v) is 7.72. The van der Waals surface area contributed by atoms with Crippen LogP contribution in [0.4, 0.5) is 10.1 Å². The number of esters is 1. The van der Waals surface area contributed by atoms with Crippen LogP contribution >= 0.6 is 0 Å². The van der Waals surface area contributed by atoms with Crippen molar-refractivity contribution in [3.63, 3.8) is 0 Å². The summed E-state index contributed by atoms with van der Waals surface area (Å²) in [5.74, 6) is -0.358. The van der Waals surface area contributed by atoms with E-state index < -0.39 is 0 Å². The molecule has 0 radical (unpaired) electrons. The summed E-state index contributed by atoms with van der Waals surface area (Å²) in [6.07, 6.45) is 2.12. The number of nitrogens with zero attached hydrogens (tertiary/aromatic N) is 1. The van der Waals surface area contributed by atoms with E-state index in [2.05, 4.69) is 0 Å². The van der Waals surface area contributed by atoms with Crippen molar-refractivity contribution in [2.45, 2.75) is 33.1 Å². The van der Waals surface area contributed by atoms with E-state index in [0.29, 0.717) is 43.3 Å². The van der Waals surface area contributed by atoms with Crippen molar-refractivity contribution < 1.29 is 18.7 Å². The third kappa shape index (κ3) is 4.06. The molecule has 0 aromatic heterocycles. The topological polar surface area (TPSA) is 46.6 Å². The molecule has 1 fully saturated rings. The van der Waals surface area contributed by atoms with Gasteiger partial charge in [0.25, 0.3) is 0 Å².